The molecule has 25 heavy (non-hydrogen) atoms. The number of amides is 2. The first kappa shape index (κ1) is 19.2. The van der Waals surface area contributed by atoms with Crippen molar-refractivity contribution in [2.45, 2.75) is 38.8 Å². The van der Waals surface area contributed by atoms with Crippen molar-refractivity contribution < 1.29 is 22.7 Å². The Morgan fingerprint density at radius 1 is 1.36 bits per heavy atom. The van der Waals surface area contributed by atoms with Crippen molar-refractivity contribution in [3.63, 3.8) is 0 Å². The minimum atomic E-state index is -3.10. The summed E-state index contributed by atoms with van der Waals surface area (Å²) in [6, 6.07) is 6.01. The lowest BCUT2D eigenvalue weighted by atomic mass is 10.1. The third-order valence-corrected chi connectivity index (χ3v) is 6.21. The lowest BCUT2D eigenvalue weighted by Crippen LogP contribution is -2.48. The van der Waals surface area contributed by atoms with Crippen LogP contribution in [0.2, 0.25) is 0 Å². The Morgan fingerprint density at radius 2 is 2.04 bits per heavy atom. The van der Waals surface area contributed by atoms with E-state index in [1.165, 1.54) is 6.07 Å². The second-order valence-corrected chi connectivity index (χ2v) is 8.49. The molecule has 0 bridgehead atoms. The molecule has 0 aliphatic carbocycles. The molecular weight excluding hydrogens is 344 g/mol. The SMILES string of the molecule is CC[C@H](C)N(C(=O)COc1ccccc1C(N)=O)[C@H]1CCS(=O)(=O)C1. The molecule has 1 aliphatic rings. The van der Waals surface area contributed by atoms with E-state index in [1.54, 1.807) is 23.1 Å². The van der Waals surface area contributed by atoms with Crippen LogP contribution in [0.1, 0.15) is 37.0 Å². The topological polar surface area (TPSA) is 107 Å². The average molecular weight is 368 g/mol. The molecule has 1 aromatic carbocycles. The molecule has 2 atom stereocenters. The Hall–Kier alpha value is -2.09. The highest BCUT2D eigenvalue weighted by Crippen LogP contribution is 2.22. The predicted molar refractivity (Wildman–Crippen MR) is 94.1 cm³/mol. The maximum absolute atomic E-state index is 12.7. The second kappa shape index (κ2) is 7.86. The zero-order valence-corrected chi connectivity index (χ0v) is 15.3. The predicted octanol–water partition coefficient (Wildman–Crippen LogP) is 0.979. The van der Waals surface area contributed by atoms with Gasteiger partial charge in [0, 0.05) is 12.1 Å². The number of hydrogen-bond donors (Lipinski definition) is 1. The summed E-state index contributed by atoms with van der Waals surface area (Å²) in [5.41, 5.74) is 5.50. The quantitative estimate of drug-likeness (QED) is 0.772. The summed E-state index contributed by atoms with van der Waals surface area (Å²) in [6.45, 7) is 3.56. The zero-order valence-electron chi connectivity index (χ0n) is 14.5. The van der Waals surface area contributed by atoms with Crippen LogP contribution in [-0.2, 0) is 14.6 Å². The summed E-state index contributed by atoms with van der Waals surface area (Å²) in [5.74, 6) is -0.601. The number of carbonyl (C=O) groups excluding carboxylic acids is 2. The van der Waals surface area contributed by atoms with Crippen LogP contribution in [0, 0.1) is 0 Å². The Balaban J connectivity index is 2.12. The number of benzene rings is 1. The van der Waals surface area contributed by atoms with Crippen LogP contribution < -0.4 is 10.5 Å². The lowest BCUT2D eigenvalue weighted by molar-refractivity contribution is -0.137. The van der Waals surface area contributed by atoms with Gasteiger partial charge in [-0.05, 0) is 31.9 Å². The van der Waals surface area contributed by atoms with Gasteiger partial charge >= 0.3 is 0 Å². The van der Waals surface area contributed by atoms with Crippen molar-refractivity contribution in [1.82, 2.24) is 4.90 Å². The minimum Gasteiger partial charge on any atom is -0.483 e. The van der Waals surface area contributed by atoms with Gasteiger partial charge in [0.05, 0.1) is 17.1 Å². The summed E-state index contributed by atoms with van der Waals surface area (Å²) < 4.78 is 29.0. The van der Waals surface area contributed by atoms with E-state index in [2.05, 4.69) is 0 Å². The highest BCUT2D eigenvalue weighted by Gasteiger charge is 2.36. The molecular formula is C17H24N2O5S. The molecule has 1 fully saturated rings. The van der Waals surface area contributed by atoms with Crippen molar-refractivity contribution in [2.75, 3.05) is 18.1 Å². The highest BCUT2D eigenvalue weighted by molar-refractivity contribution is 7.91. The van der Waals surface area contributed by atoms with E-state index >= 15 is 0 Å². The van der Waals surface area contributed by atoms with Gasteiger partial charge in [-0.2, -0.15) is 0 Å². The Labute approximate surface area is 148 Å². The van der Waals surface area contributed by atoms with Crippen LogP contribution in [-0.4, -0.2) is 55.3 Å². The molecule has 1 saturated heterocycles. The smallest absolute Gasteiger partial charge is 0.261 e. The van der Waals surface area contributed by atoms with Gasteiger partial charge < -0.3 is 15.4 Å². The van der Waals surface area contributed by atoms with Crippen molar-refractivity contribution in [1.29, 1.82) is 0 Å². The number of nitrogens with zero attached hydrogens (tertiary/aromatic N) is 1. The number of para-hydroxylation sites is 1. The fourth-order valence-corrected chi connectivity index (χ4v) is 4.72. The maximum atomic E-state index is 12.7. The second-order valence-electron chi connectivity index (χ2n) is 6.26. The molecule has 0 aromatic heterocycles. The first-order valence-corrected chi connectivity index (χ1v) is 10.1. The van der Waals surface area contributed by atoms with E-state index in [1.807, 2.05) is 13.8 Å². The molecule has 1 aromatic rings. The summed E-state index contributed by atoms with van der Waals surface area (Å²) in [4.78, 5) is 25.7. The lowest BCUT2D eigenvalue weighted by Gasteiger charge is -2.33. The largest absolute Gasteiger partial charge is 0.483 e. The molecule has 0 spiro atoms. The standard InChI is InChI=1S/C17H24N2O5S/c1-3-12(2)19(13-8-9-25(22,23)11-13)16(20)10-24-15-7-5-4-6-14(15)17(18)21/h4-7,12-13H,3,8-11H2,1-2H3,(H2,18,21)/t12-,13-/m0/s1. The molecule has 0 unspecified atom stereocenters. The van der Waals surface area contributed by atoms with E-state index in [-0.39, 0.29) is 47.4 Å². The van der Waals surface area contributed by atoms with Gasteiger partial charge in [0.15, 0.2) is 16.4 Å². The summed E-state index contributed by atoms with van der Waals surface area (Å²) in [7, 11) is -3.10. The normalized spacial score (nSPS) is 20.0. The molecule has 2 rings (SSSR count). The number of rotatable bonds is 7. The number of nitrogens with two attached hydrogens (primary N) is 1. The number of hydrogen-bond acceptors (Lipinski definition) is 5. The van der Waals surface area contributed by atoms with Crippen LogP contribution in [0.5, 0.6) is 5.75 Å². The number of carbonyl (C=O) groups is 2. The van der Waals surface area contributed by atoms with Crippen LogP contribution in [0.4, 0.5) is 0 Å². The van der Waals surface area contributed by atoms with Gasteiger partial charge in [-0.15, -0.1) is 0 Å². The van der Waals surface area contributed by atoms with Crippen LogP contribution in [0.3, 0.4) is 0 Å². The maximum Gasteiger partial charge on any atom is 0.261 e. The molecule has 1 heterocycles. The van der Waals surface area contributed by atoms with Crippen molar-refractivity contribution in [3.05, 3.63) is 29.8 Å². The minimum absolute atomic E-state index is 0.0129. The van der Waals surface area contributed by atoms with Crippen LogP contribution in [0.15, 0.2) is 24.3 Å². The van der Waals surface area contributed by atoms with Crippen LogP contribution >= 0.6 is 0 Å². The summed E-state index contributed by atoms with van der Waals surface area (Å²) in [5, 5.41) is 0. The Bertz CT molecular complexity index is 747. The van der Waals surface area contributed by atoms with Crippen molar-refractivity contribution in [2.24, 2.45) is 5.73 Å². The van der Waals surface area contributed by atoms with E-state index in [0.717, 1.165) is 0 Å². The molecule has 7 nitrogen and oxygen atoms in total. The number of sulfone groups is 1. The fourth-order valence-electron chi connectivity index (χ4n) is 3.01. The zero-order chi connectivity index (χ0) is 18.6. The van der Waals surface area contributed by atoms with E-state index in [4.69, 9.17) is 10.5 Å². The van der Waals surface area contributed by atoms with Crippen molar-refractivity contribution >= 4 is 21.7 Å². The molecule has 138 valence electrons. The first-order valence-electron chi connectivity index (χ1n) is 8.28. The van der Waals surface area contributed by atoms with Gasteiger partial charge in [-0.1, -0.05) is 19.1 Å². The van der Waals surface area contributed by atoms with Gasteiger partial charge in [-0.3, -0.25) is 9.59 Å². The Kier molecular flexibility index (Phi) is 6.05. The first-order chi connectivity index (χ1) is 11.7. The van der Waals surface area contributed by atoms with Gasteiger partial charge in [0.1, 0.15) is 5.75 Å². The number of ether oxygens (including phenoxy) is 1. The van der Waals surface area contributed by atoms with Crippen molar-refractivity contribution in [3.8, 4) is 5.75 Å². The van der Waals surface area contributed by atoms with Gasteiger partial charge in [-0.25, -0.2) is 8.42 Å². The van der Waals surface area contributed by atoms with E-state index in [9.17, 15) is 18.0 Å². The Morgan fingerprint density at radius 3 is 2.60 bits per heavy atom. The van der Waals surface area contributed by atoms with E-state index < -0.39 is 15.7 Å². The summed E-state index contributed by atoms with van der Waals surface area (Å²) in [6.07, 6.45) is 1.15. The molecule has 8 heteroatoms. The molecule has 1 aliphatic heterocycles. The third kappa shape index (κ3) is 4.72. The number of primary amides is 1. The van der Waals surface area contributed by atoms with Gasteiger partial charge in [0.2, 0.25) is 0 Å². The highest BCUT2D eigenvalue weighted by atomic mass is 32.2. The van der Waals surface area contributed by atoms with E-state index in [0.29, 0.717) is 12.8 Å². The fraction of sp³-hybridized carbons (Fsp3) is 0.529. The van der Waals surface area contributed by atoms with Gasteiger partial charge in [0.25, 0.3) is 11.8 Å². The monoisotopic (exact) mass is 368 g/mol. The van der Waals surface area contributed by atoms with Crippen LogP contribution in [0.25, 0.3) is 0 Å². The molecule has 2 amide bonds. The molecule has 0 radical (unpaired) electrons. The average Bonchev–Trinajstić information content (AvgIpc) is 2.92. The summed E-state index contributed by atoms with van der Waals surface area (Å²) >= 11 is 0. The molecule has 2 N–H and O–H groups in total. The third-order valence-electron chi connectivity index (χ3n) is 4.46. The molecule has 0 saturated carbocycles.